The first kappa shape index (κ1) is 23.3. The van der Waals surface area contributed by atoms with Crippen LogP contribution < -0.4 is 21.3 Å². The third-order valence-electron chi connectivity index (χ3n) is 6.61. The molecule has 5 N–H and O–H groups in total. The first-order chi connectivity index (χ1) is 16.1. The van der Waals surface area contributed by atoms with Crippen LogP contribution in [0.1, 0.15) is 46.5 Å². The molecule has 3 aromatic rings. The third-order valence-corrected chi connectivity index (χ3v) is 6.61. The van der Waals surface area contributed by atoms with Crippen LogP contribution in [-0.2, 0) is 0 Å². The highest BCUT2D eigenvalue weighted by atomic mass is 16.4. The van der Waals surface area contributed by atoms with Gasteiger partial charge in [-0.15, -0.1) is 5.10 Å². The Kier molecular flexibility index (Phi) is 6.32. The smallest absolute Gasteiger partial charge is 0.405 e. The molecule has 0 radical (unpaired) electrons. The summed E-state index contributed by atoms with van der Waals surface area (Å²) in [6, 6.07) is 10.7. The minimum absolute atomic E-state index is 0.130. The van der Waals surface area contributed by atoms with Gasteiger partial charge in [-0.05, 0) is 43.2 Å². The maximum atomic E-state index is 12.5. The number of para-hydroxylation sites is 1. The van der Waals surface area contributed by atoms with Gasteiger partial charge in [0.05, 0.1) is 5.69 Å². The Morgan fingerprint density at radius 3 is 2.47 bits per heavy atom. The van der Waals surface area contributed by atoms with Crippen LogP contribution in [0.3, 0.4) is 0 Å². The molecule has 1 aliphatic rings. The van der Waals surface area contributed by atoms with E-state index in [1.165, 1.54) is 0 Å². The molecule has 0 unspecified atom stereocenters. The van der Waals surface area contributed by atoms with Crippen LogP contribution >= 0.6 is 0 Å². The van der Waals surface area contributed by atoms with Crippen LogP contribution in [0.5, 0.6) is 0 Å². The zero-order chi connectivity index (χ0) is 24.3. The maximum absolute atomic E-state index is 12.5. The molecule has 0 saturated heterocycles. The highest BCUT2D eigenvalue weighted by Crippen LogP contribution is 2.42. The molecule has 3 amide bonds. The van der Waals surface area contributed by atoms with Crippen molar-refractivity contribution < 1.29 is 14.7 Å². The Balaban J connectivity index is 1.47. The van der Waals surface area contributed by atoms with Crippen molar-refractivity contribution >= 4 is 35.0 Å². The molecule has 2 aromatic heterocycles. The summed E-state index contributed by atoms with van der Waals surface area (Å²) in [5.41, 5.74) is 1.08. The van der Waals surface area contributed by atoms with Crippen LogP contribution in [0, 0.1) is 5.41 Å². The lowest BCUT2D eigenvalue weighted by Gasteiger charge is -2.49. The molecule has 1 saturated carbocycles. The second-order valence-electron chi connectivity index (χ2n) is 9.76. The van der Waals surface area contributed by atoms with Gasteiger partial charge >= 0.3 is 12.1 Å². The van der Waals surface area contributed by atoms with Crippen molar-refractivity contribution in [3.05, 3.63) is 48.8 Å². The number of hydrogen-bond acceptors (Lipinski definition) is 5. The lowest BCUT2D eigenvalue weighted by atomic mass is 9.64. The van der Waals surface area contributed by atoms with Crippen LogP contribution in [0.4, 0.5) is 26.8 Å². The Morgan fingerprint density at radius 2 is 1.82 bits per heavy atom. The van der Waals surface area contributed by atoms with Crippen molar-refractivity contribution in [3.8, 4) is 0 Å². The van der Waals surface area contributed by atoms with E-state index in [0.29, 0.717) is 22.8 Å². The van der Waals surface area contributed by atoms with Gasteiger partial charge in [-0.3, -0.25) is 0 Å². The van der Waals surface area contributed by atoms with E-state index in [1.54, 1.807) is 23.0 Å². The zero-order valence-corrected chi connectivity index (χ0v) is 19.6. The Bertz CT molecular complexity index is 1160. The largest absolute Gasteiger partial charge is 0.465 e. The summed E-state index contributed by atoms with van der Waals surface area (Å²) in [6.07, 6.45) is 5.39. The quantitative estimate of drug-likeness (QED) is 0.368. The Hall–Kier alpha value is -3.82. The predicted octanol–water partition coefficient (Wildman–Crippen LogP) is 4.78. The Labute approximate surface area is 198 Å². The molecule has 0 aliphatic heterocycles. The van der Waals surface area contributed by atoms with Gasteiger partial charge in [0, 0.05) is 35.7 Å². The monoisotopic (exact) mass is 465 g/mol. The number of nitrogens with one attached hydrogen (secondary N) is 4. The number of amides is 3. The molecule has 0 spiro atoms. The van der Waals surface area contributed by atoms with E-state index < -0.39 is 11.6 Å². The first-order valence-electron chi connectivity index (χ1n) is 11.4. The average Bonchev–Trinajstić information content (AvgIpc) is 3.24. The number of carbonyl (C=O) groups is 2. The van der Waals surface area contributed by atoms with Gasteiger partial charge in [0.2, 0.25) is 0 Å². The SMILES string of the molecule is CC(C)(C)C1(NC(=O)O)CCC(Nc2cc(NC(=O)Nc3ccccc3)c3nccn3n2)CC1. The number of nitrogens with zero attached hydrogens (tertiary/aromatic N) is 3. The summed E-state index contributed by atoms with van der Waals surface area (Å²) < 4.78 is 1.62. The molecule has 1 fully saturated rings. The maximum Gasteiger partial charge on any atom is 0.405 e. The number of fused-ring (bicyclic) bond motifs is 1. The average molecular weight is 466 g/mol. The molecule has 180 valence electrons. The standard InChI is InChI=1S/C24H31N7O3/c1-23(2,3)24(29-22(33)34)11-9-17(10-12-24)26-19-15-18(20-25-13-14-31(20)30-19)28-21(32)27-16-7-5-4-6-8-16/h4-8,13-15,17,29H,9-12H2,1-3H3,(H,26,30)(H,33,34)(H2,27,28,32). The van der Waals surface area contributed by atoms with Crippen LogP contribution in [0.15, 0.2) is 48.8 Å². The lowest BCUT2D eigenvalue weighted by molar-refractivity contribution is 0.0804. The van der Waals surface area contributed by atoms with Crippen molar-refractivity contribution in [2.45, 2.75) is 58.0 Å². The summed E-state index contributed by atoms with van der Waals surface area (Å²) in [5.74, 6) is 0.611. The molecular weight excluding hydrogens is 434 g/mol. The molecular formula is C24H31N7O3. The van der Waals surface area contributed by atoms with Crippen LogP contribution in [0.2, 0.25) is 0 Å². The second-order valence-corrected chi connectivity index (χ2v) is 9.76. The molecule has 4 rings (SSSR count). The summed E-state index contributed by atoms with van der Waals surface area (Å²) in [4.78, 5) is 28.3. The van der Waals surface area contributed by atoms with Crippen molar-refractivity contribution in [2.75, 3.05) is 16.0 Å². The van der Waals surface area contributed by atoms with Gasteiger partial charge in [-0.25, -0.2) is 19.1 Å². The summed E-state index contributed by atoms with van der Waals surface area (Å²) in [5, 5.41) is 25.9. The van der Waals surface area contributed by atoms with Crippen molar-refractivity contribution in [1.82, 2.24) is 19.9 Å². The minimum atomic E-state index is -0.988. The molecule has 34 heavy (non-hydrogen) atoms. The molecule has 1 aliphatic carbocycles. The highest BCUT2D eigenvalue weighted by molar-refractivity contribution is 6.02. The van der Waals surface area contributed by atoms with E-state index >= 15 is 0 Å². The minimum Gasteiger partial charge on any atom is -0.465 e. The van der Waals surface area contributed by atoms with Crippen molar-refractivity contribution in [1.29, 1.82) is 0 Å². The Morgan fingerprint density at radius 1 is 1.12 bits per heavy atom. The molecule has 2 heterocycles. The number of aromatic nitrogens is 3. The predicted molar refractivity (Wildman–Crippen MR) is 131 cm³/mol. The summed E-state index contributed by atoms with van der Waals surface area (Å²) >= 11 is 0. The number of carboxylic acid groups (broad SMARTS) is 1. The lowest BCUT2D eigenvalue weighted by Crippen LogP contribution is -2.59. The number of urea groups is 1. The van der Waals surface area contributed by atoms with Gasteiger partial charge in [-0.2, -0.15) is 0 Å². The second kappa shape index (κ2) is 9.20. The topological polar surface area (TPSA) is 133 Å². The summed E-state index contributed by atoms with van der Waals surface area (Å²) in [7, 11) is 0. The van der Waals surface area contributed by atoms with E-state index in [1.807, 2.05) is 30.3 Å². The number of carbonyl (C=O) groups excluding carboxylic acids is 1. The van der Waals surface area contributed by atoms with Gasteiger partial charge in [0.1, 0.15) is 5.82 Å². The van der Waals surface area contributed by atoms with Gasteiger partial charge in [-0.1, -0.05) is 39.0 Å². The summed E-state index contributed by atoms with van der Waals surface area (Å²) in [6.45, 7) is 6.22. The fraction of sp³-hybridized carbons (Fsp3) is 0.417. The van der Waals surface area contributed by atoms with Crippen LogP contribution in [0.25, 0.3) is 5.65 Å². The van der Waals surface area contributed by atoms with E-state index in [9.17, 15) is 14.7 Å². The van der Waals surface area contributed by atoms with Gasteiger partial charge < -0.3 is 26.4 Å². The van der Waals surface area contributed by atoms with Crippen LogP contribution in [-0.4, -0.2) is 43.4 Å². The highest BCUT2D eigenvalue weighted by Gasteiger charge is 2.45. The molecule has 0 bridgehead atoms. The fourth-order valence-electron chi connectivity index (χ4n) is 4.62. The van der Waals surface area contributed by atoms with E-state index in [0.717, 1.165) is 25.7 Å². The molecule has 0 atom stereocenters. The number of benzene rings is 1. The molecule has 10 nitrogen and oxygen atoms in total. The fourth-order valence-corrected chi connectivity index (χ4v) is 4.62. The molecule has 10 heteroatoms. The van der Waals surface area contributed by atoms with E-state index in [-0.39, 0.29) is 17.5 Å². The first-order valence-corrected chi connectivity index (χ1v) is 11.4. The molecule has 1 aromatic carbocycles. The van der Waals surface area contributed by atoms with Crippen molar-refractivity contribution in [2.24, 2.45) is 5.41 Å². The van der Waals surface area contributed by atoms with Crippen molar-refractivity contribution in [3.63, 3.8) is 0 Å². The number of anilines is 3. The number of hydrogen-bond donors (Lipinski definition) is 5. The normalized spacial score (nSPS) is 20.5. The van der Waals surface area contributed by atoms with E-state index in [4.69, 9.17) is 0 Å². The zero-order valence-electron chi connectivity index (χ0n) is 19.6. The van der Waals surface area contributed by atoms with E-state index in [2.05, 4.69) is 52.1 Å². The number of rotatable bonds is 5. The number of imidazole rings is 1. The van der Waals surface area contributed by atoms with Gasteiger partial charge in [0.25, 0.3) is 0 Å². The van der Waals surface area contributed by atoms with Gasteiger partial charge in [0.15, 0.2) is 5.65 Å². The third kappa shape index (κ3) is 5.05.